The predicted octanol–water partition coefficient (Wildman–Crippen LogP) is 0.585. The first kappa shape index (κ1) is 12.8. The van der Waals surface area contributed by atoms with Gasteiger partial charge in [0.25, 0.3) is 0 Å². The third-order valence-corrected chi connectivity index (χ3v) is 4.28. The minimum absolute atomic E-state index is 0.162. The normalized spacial score (nSPS) is 34.8. The van der Waals surface area contributed by atoms with Crippen molar-refractivity contribution in [3.05, 3.63) is 0 Å². The summed E-state index contributed by atoms with van der Waals surface area (Å²) in [5.74, 6) is 0.403. The molecule has 2 aliphatic rings. The van der Waals surface area contributed by atoms with Crippen LogP contribution in [0.15, 0.2) is 0 Å². The van der Waals surface area contributed by atoms with Gasteiger partial charge in [0, 0.05) is 18.6 Å². The molecule has 0 aromatic rings. The fourth-order valence-electron chi connectivity index (χ4n) is 2.99. The van der Waals surface area contributed by atoms with Gasteiger partial charge in [-0.05, 0) is 52.7 Å². The van der Waals surface area contributed by atoms with Crippen molar-refractivity contribution in [3.8, 4) is 0 Å². The Hall–Kier alpha value is -0.610. The highest BCUT2D eigenvalue weighted by atomic mass is 16.1. The molecule has 2 aliphatic heterocycles. The summed E-state index contributed by atoms with van der Waals surface area (Å²) in [6.45, 7) is 5.15. The van der Waals surface area contributed by atoms with Crippen LogP contribution in [-0.2, 0) is 4.79 Å². The average molecular weight is 239 g/mol. The van der Waals surface area contributed by atoms with E-state index in [0.717, 1.165) is 25.9 Å². The lowest BCUT2D eigenvalue weighted by molar-refractivity contribution is -0.126. The van der Waals surface area contributed by atoms with Crippen molar-refractivity contribution in [2.75, 3.05) is 26.7 Å². The van der Waals surface area contributed by atoms with E-state index < -0.39 is 0 Å². The molecule has 0 aliphatic carbocycles. The van der Waals surface area contributed by atoms with E-state index in [4.69, 9.17) is 0 Å². The van der Waals surface area contributed by atoms with Gasteiger partial charge in [-0.1, -0.05) is 0 Å². The maximum absolute atomic E-state index is 12.1. The summed E-state index contributed by atoms with van der Waals surface area (Å²) >= 11 is 0. The van der Waals surface area contributed by atoms with Crippen LogP contribution < -0.4 is 10.6 Å². The molecule has 2 N–H and O–H groups in total. The molecule has 2 saturated heterocycles. The molecule has 0 aromatic carbocycles. The molecule has 4 heteroatoms. The fraction of sp³-hybridized carbons (Fsp3) is 0.923. The Kier molecular flexibility index (Phi) is 4.40. The summed E-state index contributed by atoms with van der Waals surface area (Å²) in [5.41, 5.74) is 0. The first-order valence-electron chi connectivity index (χ1n) is 6.90. The zero-order chi connectivity index (χ0) is 12.3. The van der Waals surface area contributed by atoms with Gasteiger partial charge in [0.2, 0.25) is 5.91 Å². The van der Waals surface area contributed by atoms with E-state index in [1.54, 1.807) is 0 Å². The average Bonchev–Trinajstić information content (AvgIpc) is 2.72. The van der Waals surface area contributed by atoms with Crippen molar-refractivity contribution in [2.24, 2.45) is 5.92 Å². The molecule has 2 heterocycles. The zero-order valence-electron chi connectivity index (χ0n) is 11.0. The Morgan fingerprint density at radius 1 is 1.41 bits per heavy atom. The van der Waals surface area contributed by atoms with Crippen LogP contribution in [0.3, 0.4) is 0 Å². The van der Waals surface area contributed by atoms with E-state index in [2.05, 4.69) is 29.5 Å². The van der Waals surface area contributed by atoms with E-state index >= 15 is 0 Å². The Balaban J connectivity index is 1.76. The Bertz CT molecular complexity index is 269. The Labute approximate surface area is 104 Å². The number of likely N-dealkylation sites (tertiary alicyclic amines) is 1. The van der Waals surface area contributed by atoms with Crippen molar-refractivity contribution in [2.45, 2.75) is 44.7 Å². The number of carbonyl (C=O) groups excluding carboxylic acids is 1. The van der Waals surface area contributed by atoms with Gasteiger partial charge in [0.1, 0.15) is 0 Å². The molecule has 3 unspecified atom stereocenters. The number of carbonyl (C=O) groups is 1. The zero-order valence-corrected chi connectivity index (χ0v) is 11.0. The predicted molar refractivity (Wildman–Crippen MR) is 68.9 cm³/mol. The number of amides is 1. The number of hydrogen-bond acceptors (Lipinski definition) is 3. The first-order valence-corrected chi connectivity index (χ1v) is 6.90. The number of nitrogens with one attached hydrogen (secondary N) is 2. The Morgan fingerprint density at radius 3 is 2.88 bits per heavy atom. The summed E-state index contributed by atoms with van der Waals surface area (Å²) in [6.07, 6.45) is 4.62. The molecule has 2 fully saturated rings. The molecule has 0 spiro atoms. The summed E-state index contributed by atoms with van der Waals surface area (Å²) < 4.78 is 0. The van der Waals surface area contributed by atoms with Gasteiger partial charge in [0.05, 0.1) is 5.92 Å². The van der Waals surface area contributed by atoms with Crippen LogP contribution >= 0.6 is 0 Å². The summed E-state index contributed by atoms with van der Waals surface area (Å²) in [5, 5.41) is 6.51. The molecular formula is C13H25N3O. The first-order chi connectivity index (χ1) is 8.18. The highest BCUT2D eigenvalue weighted by Gasteiger charge is 2.28. The second kappa shape index (κ2) is 5.83. The van der Waals surface area contributed by atoms with Crippen LogP contribution in [0, 0.1) is 5.92 Å². The lowest BCUT2D eigenvalue weighted by atomic mass is 9.91. The topological polar surface area (TPSA) is 44.4 Å². The van der Waals surface area contributed by atoms with E-state index in [-0.39, 0.29) is 11.8 Å². The van der Waals surface area contributed by atoms with Crippen molar-refractivity contribution >= 4 is 5.91 Å². The molecule has 0 bridgehead atoms. The van der Waals surface area contributed by atoms with Gasteiger partial charge >= 0.3 is 0 Å². The van der Waals surface area contributed by atoms with Crippen molar-refractivity contribution in [3.63, 3.8) is 0 Å². The lowest BCUT2D eigenvalue weighted by Crippen LogP contribution is -2.48. The number of rotatable bonds is 3. The van der Waals surface area contributed by atoms with Crippen molar-refractivity contribution in [1.82, 2.24) is 15.5 Å². The SMILES string of the molecule is CC1NCCCC1C(=O)NCC1CCCN1C. The second-order valence-corrected chi connectivity index (χ2v) is 5.51. The number of likely N-dealkylation sites (N-methyl/N-ethyl adjacent to an activating group) is 1. The summed E-state index contributed by atoms with van der Waals surface area (Å²) in [6, 6.07) is 0.871. The van der Waals surface area contributed by atoms with Crippen LogP contribution in [0.5, 0.6) is 0 Å². The lowest BCUT2D eigenvalue weighted by Gasteiger charge is -2.29. The molecule has 4 nitrogen and oxygen atoms in total. The minimum Gasteiger partial charge on any atom is -0.354 e. The van der Waals surface area contributed by atoms with Crippen LogP contribution in [-0.4, -0.2) is 49.6 Å². The number of piperidine rings is 1. The number of nitrogens with zero attached hydrogens (tertiary/aromatic N) is 1. The molecule has 0 saturated carbocycles. The minimum atomic E-state index is 0.162. The highest BCUT2D eigenvalue weighted by Crippen LogP contribution is 2.17. The molecule has 0 aromatic heterocycles. The maximum atomic E-state index is 12.1. The molecule has 17 heavy (non-hydrogen) atoms. The summed E-state index contributed by atoms with van der Waals surface area (Å²) in [7, 11) is 2.15. The van der Waals surface area contributed by atoms with Gasteiger partial charge in [-0.3, -0.25) is 4.79 Å². The second-order valence-electron chi connectivity index (χ2n) is 5.51. The Morgan fingerprint density at radius 2 is 2.24 bits per heavy atom. The van der Waals surface area contributed by atoms with E-state index in [9.17, 15) is 4.79 Å². The van der Waals surface area contributed by atoms with Crippen molar-refractivity contribution < 1.29 is 4.79 Å². The quantitative estimate of drug-likeness (QED) is 0.757. The molecule has 3 atom stereocenters. The van der Waals surface area contributed by atoms with Crippen LogP contribution in [0.4, 0.5) is 0 Å². The van der Waals surface area contributed by atoms with E-state index in [1.807, 2.05) is 0 Å². The van der Waals surface area contributed by atoms with Crippen molar-refractivity contribution in [1.29, 1.82) is 0 Å². The largest absolute Gasteiger partial charge is 0.354 e. The van der Waals surface area contributed by atoms with E-state index in [1.165, 1.54) is 19.4 Å². The molecule has 98 valence electrons. The third kappa shape index (κ3) is 3.19. The monoisotopic (exact) mass is 239 g/mol. The molecule has 0 radical (unpaired) electrons. The number of hydrogen-bond donors (Lipinski definition) is 2. The van der Waals surface area contributed by atoms with Crippen LogP contribution in [0.25, 0.3) is 0 Å². The standard InChI is InChI=1S/C13H25N3O/c1-10-12(6-3-7-14-10)13(17)15-9-11-5-4-8-16(11)2/h10-12,14H,3-9H2,1-2H3,(H,15,17). The van der Waals surface area contributed by atoms with Gasteiger partial charge in [-0.25, -0.2) is 0 Å². The van der Waals surface area contributed by atoms with Crippen LogP contribution in [0.1, 0.15) is 32.6 Å². The smallest absolute Gasteiger partial charge is 0.224 e. The van der Waals surface area contributed by atoms with Gasteiger partial charge in [-0.2, -0.15) is 0 Å². The van der Waals surface area contributed by atoms with E-state index in [0.29, 0.717) is 12.1 Å². The molecule has 1 amide bonds. The third-order valence-electron chi connectivity index (χ3n) is 4.28. The van der Waals surface area contributed by atoms with Crippen LogP contribution in [0.2, 0.25) is 0 Å². The van der Waals surface area contributed by atoms with Gasteiger partial charge in [-0.15, -0.1) is 0 Å². The van der Waals surface area contributed by atoms with Gasteiger partial charge < -0.3 is 15.5 Å². The molecular weight excluding hydrogens is 214 g/mol. The molecule has 2 rings (SSSR count). The summed E-state index contributed by atoms with van der Waals surface area (Å²) in [4.78, 5) is 14.5. The fourth-order valence-corrected chi connectivity index (χ4v) is 2.99. The maximum Gasteiger partial charge on any atom is 0.224 e. The van der Waals surface area contributed by atoms with Gasteiger partial charge in [0.15, 0.2) is 0 Å². The highest BCUT2D eigenvalue weighted by molar-refractivity contribution is 5.79.